The van der Waals surface area contributed by atoms with Crippen LogP contribution >= 0.6 is 0 Å². The molecule has 25 heavy (non-hydrogen) atoms. The lowest BCUT2D eigenvalue weighted by Gasteiger charge is -2.21. The maximum atomic E-state index is 14.0. The van der Waals surface area contributed by atoms with Gasteiger partial charge >= 0.3 is 6.09 Å². The van der Waals surface area contributed by atoms with E-state index >= 15 is 0 Å². The van der Waals surface area contributed by atoms with E-state index < -0.39 is 33.0 Å². The maximum absolute atomic E-state index is 14.0. The van der Waals surface area contributed by atoms with Crippen LogP contribution in [0.3, 0.4) is 0 Å². The fraction of sp³-hybridized carbons (Fsp3) is 0.562. The molecule has 9 heteroatoms. The third-order valence-corrected chi connectivity index (χ3v) is 5.00. The number of nitrogens with two attached hydrogens (primary N) is 1. The minimum absolute atomic E-state index is 0.0771. The van der Waals surface area contributed by atoms with Gasteiger partial charge in [-0.15, -0.1) is 0 Å². The van der Waals surface area contributed by atoms with E-state index in [0.29, 0.717) is 6.61 Å². The van der Waals surface area contributed by atoms with Crippen molar-refractivity contribution < 1.29 is 27.4 Å². The van der Waals surface area contributed by atoms with Crippen LogP contribution in [-0.2, 0) is 11.3 Å². The second kappa shape index (κ2) is 8.98. The van der Waals surface area contributed by atoms with Crippen LogP contribution in [0.1, 0.15) is 5.56 Å². The van der Waals surface area contributed by atoms with Gasteiger partial charge in [0.25, 0.3) is 6.43 Å². The molecule has 0 aliphatic rings. The fourth-order valence-electron chi connectivity index (χ4n) is 1.97. The summed E-state index contributed by atoms with van der Waals surface area (Å²) in [5, 5.41) is 0. The summed E-state index contributed by atoms with van der Waals surface area (Å²) >= 11 is 0. The predicted octanol–water partition coefficient (Wildman–Crippen LogP) is 3.96. The SMILES string of the molecule is CN(Cc1cc(N)cc(F)c1OCC(F)F)C(=O)OCC[Si](C)(C)C. The average Bonchev–Trinajstić information content (AvgIpc) is 2.44. The Labute approximate surface area is 146 Å². The standard InChI is InChI=1S/C16H25F3N2O3Si/c1-21(16(22)23-5-6-25(2,3)4)9-11-7-12(20)8-13(17)15(11)24-10-14(18)19/h7-8,14H,5-6,9-10,20H2,1-4H3. The highest BCUT2D eigenvalue weighted by Crippen LogP contribution is 2.27. The number of alkyl halides is 2. The number of hydrogen-bond acceptors (Lipinski definition) is 4. The van der Waals surface area contributed by atoms with Gasteiger partial charge in [0.1, 0.15) is 6.61 Å². The Morgan fingerprint density at radius 2 is 1.96 bits per heavy atom. The molecule has 0 unspecified atom stereocenters. The van der Waals surface area contributed by atoms with E-state index in [1.54, 1.807) is 0 Å². The molecule has 0 heterocycles. The Balaban J connectivity index is 2.77. The zero-order chi connectivity index (χ0) is 19.2. The Hall–Kier alpha value is -1.90. The van der Waals surface area contributed by atoms with Gasteiger partial charge in [-0.25, -0.2) is 18.0 Å². The van der Waals surface area contributed by atoms with E-state index in [4.69, 9.17) is 15.2 Å². The maximum Gasteiger partial charge on any atom is 0.409 e. The number of rotatable bonds is 8. The van der Waals surface area contributed by atoms with Crippen molar-refractivity contribution in [2.75, 3.05) is 26.0 Å². The number of anilines is 1. The summed E-state index contributed by atoms with van der Waals surface area (Å²) in [5.74, 6) is -1.19. The van der Waals surface area contributed by atoms with Crippen LogP contribution in [0.2, 0.25) is 25.7 Å². The molecule has 0 fully saturated rings. The van der Waals surface area contributed by atoms with Crippen molar-refractivity contribution in [2.45, 2.75) is 38.7 Å². The lowest BCUT2D eigenvalue weighted by atomic mass is 10.1. The molecular weight excluding hydrogens is 353 g/mol. The molecule has 2 N–H and O–H groups in total. The molecule has 1 aromatic rings. The van der Waals surface area contributed by atoms with Crippen molar-refractivity contribution in [2.24, 2.45) is 0 Å². The molecule has 0 radical (unpaired) electrons. The summed E-state index contributed by atoms with van der Waals surface area (Å²) < 4.78 is 48.7. The van der Waals surface area contributed by atoms with Gasteiger partial charge in [-0.05, 0) is 12.1 Å². The number of nitrogen functional groups attached to an aromatic ring is 1. The van der Waals surface area contributed by atoms with E-state index in [1.807, 2.05) is 0 Å². The first-order valence-electron chi connectivity index (χ1n) is 7.86. The van der Waals surface area contributed by atoms with Gasteiger partial charge in [0, 0.05) is 32.4 Å². The average molecular weight is 378 g/mol. The lowest BCUT2D eigenvalue weighted by molar-refractivity contribution is 0.0784. The van der Waals surface area contributed by atoms with E-state index in [2.05, 4.69) is 19.6 Å². The van der Waals surface area contributed by atoms with Crippen LogP contribution in [0.4, 0.5) is 23.7 Å². The molecule has 0 aliphatic carbocycles. The molecular formula is C16H25F3N2O3Si. The van der Waals surface area contributed by atoms with Crippen LogP contribution in [0.15, 0.2) is 12.1 Å². The number of amides is 1. The monoisotopic (exact) mass is 378 g/mol. The predicted molar refractivity (Wildman–Crippen MR) is 93.3 cm³/mol. The highest BCUT2D eigenvalue weighted by molar-refractivity contribution is 6.76. The topological polar surface area (TPSA) is 64.8 Å². The van der Waals surface area contributed by atoms with Crippen molar-refractivity contribution in [3.05, 3.63) is 23.5 Å². The molecule has 0 atom stereocenters. The van der Waals surface area contributed by atoms with Gasteiger partial charge in [0.15, 0.2) is 11.6 Å². The summed E-state index contributed by atoms with van der Waals surface area (Å²) in [6, 6.07) is 3.19. The number of nitrogens with zero attached hydrogens (tertiary/aromatic N) is 1. The molecule has 0 spiro atoms. The number of carbonyl (C=O) groups excluding carboxylic acids is 1. The fourth-order valence-corrected chi connectivity index (χ4v) is 2.69. The highest BCUT2D eigenvalue weighted by Gasteiger charge is 2.19. The van der Waals surface area contributed by atoms with Gasteiger partial charge < -0.3 is 20.1 Å². The van der Waals surface area contributed by atoms with E-state index in [-0.39, 0.29) is 23.5 Å². The van der Waals surface area contributed by atoms with Crippen LogP contribution in [-0.4, -0.2) is 45.8 Å². The van der Waals surface area contributed by atoms with Crippen molar-refractivity contribution in [1.29, 1.82) is 0 Å². The van der Waals surface area contributed by atoms with Crippen molar-refractivity contribution in [3.8, 4) is 5.75 Å². The third kappa shape index (κ3) is 7.68. The van der Waals surface area contributed by atoms with Crippen LogP contribution in [0, 0.1) is 5.82 Å². The number of benzene rings is 1. The quantitative estimate of drug-likeness (QED) is 0.549. The van der Waals surface area contributed by atoms with Gasteiger partial charge in [0.05, 0.1) is 13.2 Å². The number of ether oxygens (including phenoxy) is 2. The second-order valence-corrected chi connectivity index (χ2v) is 12.6. The summed E-state index contributed by atoms with van der Waals surface area (Å²) in [6.45, 7) is 5.76. The Bertz CT molecular complexity index is 595. The van der Waals surface area contributed by atoms with Gasteiger partial charge in [0.2, 0.25) is 0 Å². The van der Waals surface area contributed by atoms with Gasteiger partial charge in [-0.3, -0.25) is 0 Å². The van der Waals surface area contributed by atoms with E-state index in [9.17, 15) is 18.0 Å². The van der Waals surface area contributed by atoms with E-state index in [0.717, 1.165) is 12.1 Å². The molecule has 1 aromatic carbocycles. The second-order valence-electron chi connectivity index (χ2n) is 6.97. The Kier molecular flexibility index (Phi) is 7.59. The molecule has 1 amide bonds. The molecule has 0 aromatic heterocycles. The minimum atomic E-state index is -2.74. The first-order chi connectivity index (χ1) is 11.5. The number of halogens is 3. The van der Waals surface area contributed by atoms with Crippen LogP contribution < -0.4 is 10.5 Å². The zero-order valence-electron chi connectivity index (χ0n) is 14.9. The van der Waals surface area contributed by atoms with Gasteiger partial charge in [-0.1, -0.05) is 19.6 Å². The summed E-state index contributed by atoms with van der Waals surface area (Å²) in [5.41, 5.74) is 5.90. The van der Waals surface area contributed by atoms with Crippen molar-refractivity contribution in [3.63, 3.8) is 0 Å². The molecule has 0 saturated heterocycles. The molecule has 142 valence electrons. The molecule has 0 aliphatic heterocycles. The molecule has 0 bridgehead atoms. The van der Waals surface area contributed by atoms with Crippen molar-refractivity contribution >= 4 is 19.9 Å². The summed E-state index contributed by atoms with van der Waals surface area (Å²) in [7, 11) is 0.136. The summed E-state index contributed by atoms with van der Waals surface area (Å²) in [4.78, 5) is 13.2. The normalized spacial score (nSPS) is 11.5. The van der Waals surface area contributed by atoms with Crippen LogP contribution in [0.5, 0.6) is 5.75 Å². The number of carbonyl (C=O) groups is 1. The smallest absolute Gasteiger partial charge is 0.409 e. The minimum Gasteiger partial charge on any atom is -0.484 e. The largest absolute Gasteiger partial charge is 0.484 e. The molecule has 0 saturated carbocycles. The highest BCUT2D eigenvalue weighted by atomic mass is 28.3. The zero-order valence-corrected chi connectivity index (χ0v) is 15.9. The molecule has 1 rings (SSSR count). The van der Waals surface area contributed by atoms with Crippen LogP contribution in [0.25, 0.3) is 0 Å². The first kappa shape index (κ1) is 21.1. The Morgan fingerprint density at radius 1 is 1.32 bits per heavy atom. The molecule has 5 nitrogen and oxygen atoms in total. The van der Waals surface area contributed by atoms with Gasteiger partial charge in [-0.2, -0.15) is 0 Å². The summed E-state index contributed by atoms with van der Waals surface area (Å²) in [6.07, 6.45) is -3.32. The number of hydrogen-bond donors (Lipinski definition) is 1. The Morgan fingerprint density at radius 3 is 2.52 bits per heavy atom. The lowest BCUT2D eigenvalue weighted by Crippen LogP contribution is -2.30. The first-order valence-corrected chi connectivity index (χ1v) is 11.6. The third-order valence-electron chi connectivity index (χ3n) is 3.29. The van der Waals surface area contributed by atoms with E-state index in [1.165, 1.54) is 18.0 Å². The van der Waals surface area contributed by atoms with Crippen molar-refractivity contribution in [1.82, 2.24) is 4.90 Å².